The van der Waals surface area contributed by atoms with Gasteiger partial charge in [0.2, 0.25) is 0 Å². The highest BCUT2D eigenvalue weighted by atomic mass is 19.1. The van der Waals surface area contributed by atoms with E-state index in [1.54, 1.807) is 0 Å². The number of benzene rings is 4. The van der Waals surface area contributed by atoms with Gasteiger partial charge in [-0.15, -0.1) is 0 Å². The summed E-state index contributed by atoms with van der Waals surface area (Å²) in [5, 5.41) is 47.6. The van der Waals surface area contributed by atoms with Crippen molar-refractivity contribution in [2.45, 2.75) is 0 Å². The van der Waals surface area contributed by atoms with Gasteiger partial charge in [0.15, 0.2) is 0 Å². The third-order valence-corrected chi connectivity index (χ3v) is 5.77. The highest BCUT2D eigenvalue weighted by Crippen LogP contribution is 2.39. The Kier molecular flexibility index (Phi) is 8.45. The topological polar surface area (TPSA) is 191 Å². The van der Waals surface area contributed by atoms with Gasteiger partial charge in [0.25, 0.3) is 11.4 Å². The zero-order valence-corrected chi connectivity index (χ0v) is 21.6. The molecule has 0 bridgehead atoms. The lowest BCUT2D eigenvalue weighted by Crippen LogP contribution is -2.54. The van der Waals surface area contributed by atoms with E-state index in [0.717, 1.165) is 60.7 Å². The fourth-order valence-electron chi connectivity index (χ4n) is 3.78. The lowest BCUT2D eigenvalue weighted by Gasteiger charge is -2.35. The number of rotatable bonds is 6. The number of nitro benzene ring substituents is 2. The Morgan fingerprint density at radius 1 is 0.614 bits per heavy atom. The Morgan fingerprint density at radius 2 is 0.932 bits per heavy atom. The van der Waals surface area contributed by atoms with Crippen LogP contribution in [-0.4, -0.2) is 32.1 Å². The molecule has 4 rings (SSSR count). The molecule has 18 heteroatoms. The molecule has 0 aliphatic heterocycles. The first kappa shape index (κ1) is 30.5. The molecule has 0 spiro atoms. The first-order valence-electron chi connectivity index (χ1n) is 11.8. The molecule has 44 heavy (non-hydrogen) atoms. The maximum Gasteiger partial charge on any atom is 0.346 e. The third kappa shape index (κ3) is 6.08. The number of amides is 4. The van der Waals surface area contributed by atoms with Crippen LogP contribution in [0.25, 0.3) is 0 Å². The van der Waals surface area contributed by atoms with Crippen LogP contribution in [0.15, 0.2) is 72.8 Å². The number of non-ortho nitro benzene ring substituents is 2. The van der Waals surface area contributed by atoms with Gasteiger partial charge >= 0.3 is 12.1 Å². The molecule has 0 unspecified atom stereocenters. The van der Waals surface area contributed by atoms with Crippen molar-refractivity contribution in [2.24, 2.45) is 0 Å². The number of carbonyl (C=O) groups excluding carboxylic acids is 2. The van der Waals surface area contributed by atoms with Gasteiger partial charge in [0.05, 0.1) is 22.0 Å². The predicted molar refractivity (Wildman–Crippen MR) is 145 cm³/mol. The minimum Gasteiger partial charge on any atom is -0.505 e. The maximum atomic E-state index is 14.5. The van der Waals surface area contributed by atoms with Crippen molar-refractivity contribution in [3.05, 3.63) is 116 Å². The van der Waals surface area contributed by atoms with Crippen molar-refractivity contribution < 1.29 is 47.2 Å². The molecule has 14 nitrogen and oxygen atoms in total. The number of hydrazine groups is 1. The van der Waals surface area contributed by atoms with E-state index in [1.807, 2.05) is 10.6 Å². The number of nitrogens with one attached hydrogen (secondary N) is 2. The molecule has 0 saturated heterocycles. The summed E-state index contributed by atoms with van der Waals surface area (Å²) in [5.74, 6) is -7.41. The van der Waals surface area contributed by atoms with Gasteiger partial charge < -0.3 is 20.8 Å². The molecule has 4 aromatic carbocycles. The van der Waals surface area contributed by atoms with Gasteiger partial charge in [-0.2, -0.15) is 10.0 Å². The van der Waals surface area contributed by atoms with Crippen LogP contribution >= 0.6 is 0 Å². The molecule has 4 aromatic rings. The van der Waals surface area contributed by atoms with Crippen molar-refractivity contribution in [1.29, 1.82) is 0 Å². The first-order chi connectivity index (χ1) is 20.8. The number of para-hydroxylation sites is 2. The average molecular weight is 616 g/mol. The second kappa shape index (κ2) is 12.2. The number of urea groups is 2. The van der Waals surface area contributed by atoms with Crippen LogP contribution in [0.2, 0.25) is 0 Å². The minimum atomic E-state index is -1.68. The SMILES string of the molecule is O=C(Nc1c(F)cccc1F)N(c1ccc([N+](=O)[O-])cc1O)N(C(=O)Nc1c(F)cccc1F)c1ccc([N+](=O)[O-])cc1O. The molecule has 0 aliphatic rings. The monoisotopic (exact) mass is 616 g/mol. The van der Waals surface area contributed by atoms with Crippen molar-refractivity contribution >= 4 is 46.2 Å². The highest BCUT2D eigenvalue weighted by molar-refractivity contribution is 6.14. The number of aromatic hydroxyl groups is 2. The largest absolute Gasteiger partial charge is 0.505 e. The first-order valence-corrected chi connectivity index (χ1v) is 11.8. The zero-order valence-electron chi connectivity index (χ0n) is 21.6. The molecule has 0 heterocycles. The zero-order chi connectivity index (χ0) is 32.3. The number of anilines is 4. The van der Waals surface area contributed by atoms with Gasteiger partial charge in [0.1, 0.15) is 57.5 Å². The lowest BCUT2D eigenvalue weighted by atomic mass is 10.2. The van der Waals surface area contributed by atoms with Gasteiger partial charge in [-0.3, -0.25) is 20.2 Å². The van der Waals surface area contributed by atoms with Crippen LogP contribution in [0.4, 0.5) is 61.3 Å². The summed E-state index contributed by atoms with van der Waals surface area (Å²) in [7, 11) is 0. The Hall–Kier alpha value is -6.46. The molecule has 0 radical (unpaired) electrons. The molecule has 0 fully saturated rings. The molecular weight excluding hydrogens is 600 g/mol. The fourth-order valence-corrected chi connectivity index (χ4v) is 3.78. The fraction of sp³-hybridized carbons (Fsp3) is 0. The molecule has 0 aromatic heterocycles. The molecular formula is C26H16F4N6O8. The van der Waals surface area contributed by atoms with Crippen molar-refractivity contribution in [2.75, 3.05) is 20.7 Å². The second-order valence-electron chi connectivity index (χ2n) is 8.54. The van der Waals surface area contributed by atoms with E-state index in [4.69, 9.17) is 0 Å². The normalized spacial score (nSPS) is 10.5. The summed E-state index contributed by atoms with van der Waals surface area (Å²) < 4.78 is 57.9. The molecule has 4 amide bonds. The minimum absolute atomic E-state index is 0.0971. The van der Waals surface area contributed by atoms with Crippen LogP contribution < -0.4 is 20.7 Å². The van der Waals surface area contributed by atoms with E-state index in [0.29, 0.717) is 12.1 Å². The lowest BCUT2D eigenvalue weighted by molar-refractivity contribution is -0.385. The van der Waals surface area contributed by atoms with Crippen LogP contribution in [0.3, 0.4) is 0 Å². The van der Waals surface area contributed by atoms with E-state index in [2.05, 4.69) is 0 Å². The molecule has 0 atom stereocenters. The summed E-state index contributed by atoms with van der Waals surface area (Å²) in [6, 6.07) is 5.55. The number of nitro groups is 2. The molecule has 0 saturated carbocycles. The maximum absolute atomic E-state index is 14.5. The Balaban J connectivity index is 1.97. The number of phenolic OH excluding ortho intramolecular Hbond substituents is 2. The van der Waals surface area contributed by atoms with Crippen molar-refractivity contribution in [3.63, 3.8) is 0 Å². The smallest absolute Gasteiger partial charge is 0.346 e. The van der Waals surface area contributed by atoms with Crippen LogP contribution in [0.1, 0.15) is 0 Å². The van der Waals surface area contributed by atoms with Crippen molar-refractivity contribution in [3.8, 4) is 11.5 Å². The number of hydrogen-bond acceptors (Lipinski definition) is 8. The van der Waals surface area contributed by atoms with Crippen LogP contribution in [0, 0.1) is 43.5 Å². The van der Waals surface area contributed by atoms with Crippen molar-refractivity contribution in [1.82, 2.24) is 0 Å². The standard InChI is InChI=1S/C26H16F4N6O8/c27-15-3-1-4-16(28)23(15)31-25(39)33(19-9-7-13(35(41)42)11-21(19)37)34(20-10-8-14(36(43)44)12-22(20)38)26(40)32-24-17(29)5-2-6-18(24)30/h1-12,37-38H,(H,31,39)(H,32,40). The van der Waals surface area contributed by atoms with Gasteiger partial charge in [0, 0.05) is 12.1 Å². The summed E-state index contributed by atoms with van der Waals surface area (Å²) in [4.78, 5) is 47.9. The Labute approximate surface area is 242 Å². The van der Waals surface area contributed by atoms with E-state index in [1.165, 1.54) is 0 Å². The number of nitrogens with zero attached hydrogens (tertiary/aromatic N) is 4. The van der Waals surface area contributed by atoms with E-state index < -0.39 is 90.8 Å². The summed E-state index contributed by atoms with van der Waals surface area (Å²) in [6.45, 7) is 0. The van der Waals surface area contributed by atoms with Gasteiger partial charge in [-0.05, 0) is 36.4 Å². The average Bonchev–Trinajstić information content (AvgIpc) is 2.96. The second-order valence-corrected chi connectivity index (χ2v) is 8.54. The van der Waals surface area contributed by atoms with Crippen LogP contribution in [-0.2, 0) is 0 Å². The molecule has 4 N–H and O–H groups in total. The number of phenols is 2. The number of halogens is 4. The Morgan fingerprint density at radius 3 is 1.20 bits per heavy atom. The van der Waals surface area contributed by atoms with E-state index >= 15 is 0 Å². The quantitative estimate of drug-likeness (QED) is 0.112. The summed E-state index contributed by atoms with van der Waals surface area (Å²) in [5.41, 5.74) is -5.20. The third-order valence-electron chi connectivity index (χ3n) is 5.77. The summed E-state index contributed by atoms with van der Waals surface area (Å²) >= 11 is 0. The molecule has 226 valence electrons. The van der Waals surface area contributed by atoms with Gasteiger partial charge in [-0.1, -0.05) is 12.1 Å². The Bertz CT molecular complexity index is 1650. The van der Waals surface area contributed by atoms with E-state index in [9.17, 15) is 57.6 Å². The van der Waals surface area contributed by atoms with Crippen LogP contribution in [0.5, 0.6) is 11.5 Å². The summed E-state index contributed by atoms with van der Waals surface area (Å²) in [6.07, 6.45) is 0. The number of hydrogen-bond donors (Lipinski definition) is 4. The van der Waals surface area contributed by atoms with Gasteiger partial charge in [-0.25, -0.2) is 27.2 Å². The molecule has 0 aliphatic carbocycles. The highest BCUT2D eigenvalue weighted by Gasteiger charge is 2.36. The van der Waals surface area contributed by atoms with E-state index in [-0.39, 0.29) is 10.0 Å². The number of carbonyl (C=O) groups is 2. The predicted octanol–water partition coefficient (Wildman–Crippen LogP) is 6.16.